The Bertz CT molecular complexity index is 1010. The first-order valence-electron chi connectivity index (χ1n) is 11.4. The summed E-state index contributed by atoms with van der Waals surface area (Å²) in [6.07, 6.45) is 6.01. The van der Waals surface area contributed by atoms with Crippen molar-refractivity contribution in [2.24, 2.45) is 0 Å². The van der Waals surface area contributed by atoms with Gasteiger partial charge in [0.1, 0.15) is 12.1 Å². The predicted octanol–water partition coefficient (Wildman–Crippen LogP) is 3.41. The van der Waals surface area contributed by atoms with Crippen LogP contribution in [0.4, 0.5) is 9.93 Å². The Morgan fingerprint density at radius 2 is 2.00 bits per heavy atom. The molecular formula is C23H28N4O4S. The molecule has 5 rings (SSSR count). The van der Waals surface area contributed by atoms with Crippen LogP contribution in [-0.2, 0) is 14.3 Å². The number of nitrogens with zero attached hydrogens (tertiary/aromatic N) is 4. The molecule has 9 heteroatoms. The number of ether oxygens (including phenoxy) is 1. The van der Waals surface area contributed by atoms with E-state index in [0.29, 0.717) is 31.1 Å². The normalized spacial score (nSPS) is 23.0. The maximum Gasteiger partial charge on any atom is 0.327 e. The van der Waals surface area contributed by atoms with Crippen LogP contribution in [-0.4, -0.2) is 71.0 Å². The second kappa shape index (κ2) is 8.44. The predicted molar refractivity (Wildman–Crippen MR) is 122 cm³/mol. The van der Waals surface area contributed by atoms with Crippen LogP contribution in [0.2, 0.25) is 0 Å². The Labute approximate surface area is 191 Å². The van der Waals surface area contributed by atoms with Crippen molar-refractivity contribution < 1.29 is 19.1 Å². The van der Waals surface area contributed by atoms with Gasteiger partial charge in [-0.15, -0.1) is 0 Å². The molecule has 1 aromatic heterocycles. The molecule has 2 saturated heterocycles. The molecule has 32 heavy (non-hydrogen) atoms. The minimum Gasteiger partial charge on any atom is -0.376 e. The van der Waals surface area contributed by atoms with Gasteiger partial charge < -0.3 is 9.64 Å². The van der Waals surface area contributed by atoms with Crippen LogP contribution in [0.25, 0.3) is 10.2 Å². The summed E-state index contributed by atoms with van der Waals surface area (Å²) < 4.78 is 6.76. The first-order chi connectivity index (χ1) is 15.5. The molecule has 0 bridgehead atoms. The van der Waals surface area contributed by atoms with E-state index in [-0.39, 0.29) is 30.5 Å². The average molecular weight is 457 g/mol. The van der Waals surface area contributed by atoms with Gasteiger partial charge in [0.05, 0.1) is 22.9 Å². The fourth-order valence-electron chi connectivity index (χ4n) is 5.15. The van der Waals surface area contributed by atoms with Gasteiger partial charge in [0.2, 0.25) is 5.91 Å². The number of hydrogen-bond donors (Lipinski definition) is 0. The molecule has 3 aliphatic rings. The summed E-state index contributed by atoms with van der Waals surface area (Å²) in [5, 5.41) is 0.575. The van der Waals surface area contributed by atoms with E-state index in [0.717, 1.165) is 47.2 Å². The van der Waals surface area contributed by atoms with E-state index in [2.05, 4.69) is 4.98 Å². The maximum atomic E-state index is 13.5. The van der Waals surface area contributed by atoms with Crippen LogP contribution in [0.15, 0.2) is 24.3 Å². The summed E-state index contributed by atoms with van der Waals surface area (Å²) in [6, 6.07) is 7.36. The number of imide groups is 1. The lowest BCUT2D eigenvalue weighted by Gasteiger charge is -2.35. The van der Waals surface area contributed by atoms with E-state index in [1.165, 1.54) is 11.3 Å². The average Bonchev–Trinajstić information content (AvgIpc) is 3.52. The SMILES string of the molecule is CN1C(=O)N(CC(=O)N(C[C@H]2CCCO2)c2nc3ccccc3s2)C(=O)C12CCCCC2. The first-order valence-corrected chi connectivity index (χ1v) is 12.2. The zero-order chi connectivity index (χ0) is 22.3. The number of thiazole rings is 1. The molecular weight excluding hydrogens is 428 g/mol. The fraction of sp³-hybridized carbons (Fsp3) is 0.565. The highest BCUT2D eigenvalue weighted by atomic mass is 32.1. The number of hydrogen-bond acceptors (Lipinski definition) is 6. The number of urea groups is 1. The van der Waals surface area contributed by atoms with E-state index in [1.807, 2.05) is 24.3 Å². The third kappa shape index (κ3) is 3.57. The zero-order valence-electron chi connectivity index (χ0n) is 18.3. The number of aromatic nitrogens is 1. The molecule has 0 radical (unpaired) electrons. The van der Waals surface area contributed by atoms with Crippen LogP contribution < -0.4 is 4.90 Å². The van der Waals surface area contributed by atoms with Gasteiger partial charge in [0.25, 0.3) is 5.91 Å². The number of fused-ring (bicyclic) bond motifs is 1. The van der Waals surface area contributed by atoms with E-state index in [4.69, 9.17) is 4.74 Å². The Hall–Kier alpha value is -2.52. The quantitative estimate of drug-likeness (QED) is 0.644. The molecule has 1 aromatic carbocycles. The lowest BCUT2D eigenvalue weighted by Crippen LogP contribution is -2.50. The molecule has 2 aromatic rings. The van der Waals surface area contributed by atoms with Gasteiger partial charge in [0, 0.05) is 13.7 Å². The summed E-state index contributed by atoms with van der Waals surface area (Å²) in [5.41, 5.74) is 0.0390. The van der Waals surface area contributed by atoms with Crippen molar-refractivity contribution in [3.8, 4) is 0 Å². The largest absolute Gasteiger partial charge is 0.376 e. The highest BCUT2D eigenvalue weighted by Crippen LogP contribution is 2.39. The Kier molecular flexibility index (Phi) is 5.63. The van der Waals surface area contributed by atoms with Crippen LogP contribution in [0.3, 0.4) is 0 Å². The van der Waals surface area contributed by atoms with Crippen molar-refractivity contribution in [2.75, 3.05) is 31.6 Å². The summed E-state index contributed by atoms with van der Waals surface area (Å²) in [7, 11) is 1.69. The lowest BCUT2D eigenvalue weighted by atomic mass is 9.81. The fourth-order valence-corrected chi connectivity index (χ4v) is 6.14. The Morgan fingerprint density at radius 1 is 1.22 bits per heavy atom. The molecule has 3 heterocycles. The van der Waals surface area contributed by atoms with E-state index >= 15 is 0 Å². The third-order valence-corrected chi connectivity index (χ3v) is 8.06. The standard InChI is InChI=1S/C23H28N4O4S/c1-25-22(30)27(20(29)23(25)11-5-2-6-12-23)15-19(28)26(14-16-8-7-13-31-16)21-24-17-9-3-4-10-18(17)32-21/h3-4,9-10,16H,2,5-8,11-15H2,1H3/t16-/m1/s1. The van der Waals surface area contributed by atoms with E-state index in [9.17, 15) is 14.4 Å². The van der Waals surface area contributed by atoms with Gasteiger partial charge in [-0.2, -0.15) is 0 Å². The summed E-state index contributed by atoms with van der Waals surface area (Å²) in [6.45, 7) is 0.783. The van der Waals surface area contributed by atoms with Crippen LogP contribution in [0.1, 0.15) is 44.9 Å². The summed E-state index contributed by atoms with van der Waals surface area (Å²) in [4.78, 5) is 48.8. The van der Waals surface area contributed by atoms with E-state index in [1.54, 1.807) is 16.8 Å². The summed E-state index contributed by atoms with van der Waals surface area (Å²) >= 11 is 1.44. The molecule has 170 valence electrons. The molecule has 4 amide bonds. The van der Waals surface area contributed by atoms with Crippen molar-refractivity contribution in [2.45, 2.75) is 56.6 Å². The van der Waals surface area contributed by atoms with Gasteiger partial charge in [-0.25, -0.2) is 9.78 Å². The Balaban J connectivity index is 1.41. The van der Waals surface area contributed by atoms with Gasteiger partial charge in [0.15, 0.2) is 5.13 Å². The molecule has 1 spiro atoms. The smallest absolute Gasteiger partial charge is 0.327 e. The monoisotopic (exact) mass is 456 g/mol. The number of likely N-dealkylation sites (N-methyl/N-ethyl adjacent to an activating group) is 1. The van der Waals surface area contributed by atoms with Crippen LogP contribution >= 0.6 is 11.3 Å². The topological polar surface area (TPSA) is 83.1 Å². The molecule has 0 N–H and O–H groups in total. The minimum atomic E-state index is -0.787. The van der Waals surface area contributed by atoms with E-state index < -0.39 is 5.54 Å². The Morgan fingerprint density at radius 3 is 2.72 bits per heavy atom. The number of carbonyl (C=O) groups excluding carboxylic acids is 3. The summed E-state index contributed by atoms with van der Waals surface area (Å²) in [5.74, 6) is -0.540. The number of benzene rings is 1. The molecule has 2 aliphatic heterocycles. The van der Waals surface area contributed by atoms with Gasteiger partial charge >= 0.3 is 6.03 Å². The highest BCUT2D eigenvalue weighted by Gasteiger charge is 2.56. The first kappa shape index (κ1) is 21.3. The zero-order valence-corrected chi connectivity index (χ0v) is 19.1. The van der Waals surface area contributed by atoms with Crippen molar-refractivity contribution >= 4 is 44.5 Å². The van der Waals surface area contributed by atoms with Crippen molar-refractivity contribution in [3.05, 3.63) is 24.3 Å². The van der Waals surface area contributed by atoms with Crippen LogP contribution in [0.5, 0.6) is 0 Å². The minimum absolute atomic E-state index is 0.0664. The molecule has 1 aliphatic carbocycles. The number of rotatable bonds is 5. The molecule has 0 unspecified atom stereocenters. The highest BCUT2D eigenvalue weighted by molar-refractivity contribution is 7.22. The number of carbonyl (C=O) groups is 3. The molecule has 1 saturated carbocycles. The second-order valence-corrected chi connectivity index (χ2v) is 9.94. The maximum absolute atomic E-state index is 13.5. The third-order valence-electron chi connectivity index (χ3n) is 7.00. The van der Waals surface area contributed by atoms with Gasteiger partial charge in [-0.3, -0.25) is 19.4 Å². The lowest BCUT2D eigenvalue weighted by molar-refractivity contribution is -0.136. The number of para-hydroxylation sites is 1. The molecule has 1 atom stereocenters. The second-order valence-electron chi connectivity index (χ2n) is 8.93. The number of amides is 4. The van der Waals surface area contributed by atoms with Crippen molar-refractivity contribution in [1.82, 2.24) is 14.8 Å². The molecule has 8 nitrogen and oxygen atoms in total. The van der Waals surface area contributed by atoms with Gasteiger partial charge in [-0.1, -0.05) is 42.7 Å². The number of anilines is 1. The van der Waals surface area contributed by atoms with Crippen LogP contribution in [0, 0.1) is 0 Å². The van der Waals surface area contributed by atoms with Crippen molar-refractivity contribution in [3.63, 3.8) is 0 Å². The van der Waals surface area contributed by atoms with Crippen molar-refractivity contribution in [1.29, 1.82) is 0 Å². The van der Waals surface area contributed by atoms with Gasteiger partial charge in [-0.05, 0) is 37.8 Å². The molecule has 3 fully saturated rings.